The van der Waals surface area contributed by atoms with Crippen molar-refractivity contribution in [1.29, 1.82) is 0 Å². The van der Waals surface area contributed by atoms with Crippen molar-refractivity contribution >= 4 is 22.8 Å². The Morgan fingerprint density at radius 3 is 1.98 bits per heavy atom. The summed E-state index contributed by atoms with van der Waals surface area (Å²) in [7, 11) is 2.23. The van der Waals surface area contributed by atoms with Crippen LogP contribution in [0.2, 0.25) is 0 Å². The molecule has 1 atom stereocenters. The van der Waals surface area contributed by atoms with E-state index in [2.05, 4.69) is 129 Å². The summed E-state index contributed by atoms with van der Waals surface area (Å²) in [4.78, 5) is 7.73. The molecule has 4 nitrogen and oxygen atoms in total. The summed E-state index contributed by atoms with van der Waals surface area (Å²) in [6, 6.07) is 22.7. The van der Waals surface area contributed by atoms with E-state index in [1.807, 2.05) is 13.8 Å². The van der Waals surface area contributed by atoms with E-state index in [1.165, 1.54) is 69.8 Å². The molecule has 0 bridgehead atoms. The highest BCUT2D eigenvalue weighted by atomic mass is 15.2. The normalized spacial score (nSPS) is 20.1. The van der Waals surface area contributed by atoms with Crippen molar-refractivity contribution in [3.63, 3.8) is 0 Å². The van der Waals surface area contributed by atoms with Crippen LogP contribution in [0.15, 0.2) is 66.9 Å². The molecule has 0 saturated carbocycles. The van der Waals surface area contributed by atoms with Crippen LogP contribution < -0.4 is 15.1 Å². The number of anilines is 3. The van der Waals surface area contributed by atoms with Crippen molar-refractivity contribution in [2.24, 2.45) is 23.7 Å². The topological polar surface area (TPSA) is 21.8 Å². The van der Waals surface area contributed by atoms with Crippen LogP contribution in [0.5, 0.6) is 0 Å². The van der Waals surface area contributed by atoms with Gasteiger partial charge in [-0.2, -0.15) is 0 Å². The van der Waals surface area contributed by atoms with E-state index in [0.717, 1.165) is 50.5 Å². The summed E-state index contributed by atoms with van der Waals surface area (Å²) in [5, 5.41) is 4.02. The Morgan fingerprint density at radius 2 is 1.30 bits per heavy atom. The molecule has 1 unspecified atom stereocenters. The molecule has 6 rings (SSSR count). The predicted octanol–water partition coefficient (Wildman–Crippen LogP) is 9.90. The van der Waals surface area contributed by atoms with Crippen LogP contribution in [0.1, 0.15) is 77.5 Å². The zero-order valence-corrected chi connectivity index (χ0v) is 28.7. The van der Waals surface area contributed by atoms with Gasteiger partial charge >= 0.3 is 0 Å². The first-order valence-electron chi connectivity index (χ1n) is 17.3. The van der Waals surface area contributed by atoms with Gasteiger partial charge in [-0.05, 0) is 84.7 Å². The van der Waals surface area contributed by atoms with Crippen molar-refractivity contribution < 1.29 is 0 Å². The number of nitrogens with one attached hydrogen (secondary N) is 1. The van der Waals surface area contributed by atoms with E-state index >= 15 is 0 Å². The maximum Gasteiger partial charge on any atom is 0.0661 e. The SMILES string of the molecule is CC.Cc1cccc2c1CN(C)/C=C(/c1c(N3CCC(C(C)C)CC3)cccc1N1CCC(C(C)C)C1)Nc1ccccc1-2. The highest BCUT2D eigenvalue weighted by Gasteiger charge is 2.31. The third kappa shape index (κ3) is 6.65. The molecule has 0 radical (unpaired) electrons. The molecule has 44 heavy (non-hydrogen) atoms. The first-order chi connectivity index (χ1) is 21.3. The third-order valence-electron chi connectivity index (χ3n) is 10.3. The number of rotatable bonds is 5. The lowest BCUT2D eigenvalue weighted by Crippen LogP contribution is -2.36. The Balaban J connectivity index is 0.00000188. The van der Waals surface area contributed by atoms with E-state index in [1.54, 1.807) is 0 Å². The minimum atomic E-state index is 0.707. The molecule has 0 spiro atoms. The molecule has 0 aromatic heterocycles. The number of hydrogen-bond donors (Lipinski definition) is 1. The van der Waals surface area contributed by atoms with Crippen molar-refractivity contribution in [2.75, 3.05) is 48.3 Å². The van der Waals surface area contributed by atoms with Crippen molar-refractivity contribution in [1.82, 2.24) is 4.90 Å². The highest BCUT2D eigenvalue weighted by Crippen LogP contribution is 2.43. The molecule has 3 aromatic rings. The van der Waals surface area contributed by atoms with Gasteiger partial charge in [-0.15, -0.1) is 0 Å². The third-order valence-corrected chi connectivity index (χ3v) is 10.3. The molecule has 3 aliphatic rings. The Labute approximate surface area is 268 Å². The second-order valence-electron chi connectivity index (χ2n) is 13.7. The molecular weight excluding hydrogens is 536 g/mol. The second kappa shape index (κ2) is 14.1. The molecule has 0 amide bonds. The minimum Gasteiger partial charge on any atom is -0.374 e. The monoisotopic (exact) mass is 592 g/mol. The quantitative estimate of drug-likeness (QED) is 0.318. The maximum absolute atomic E-state index is 4.02. The van der Waals surface area contributed by atoms with E-state index in [4.69, 9.17) is 0 Å². The second-order valence-corrected chi connectivity index (χ2v) is 13.7. The fraction of sp³-hybridized carbons (Fsp3) is 0.500. The summed E-state index contributed by atoms with van der Waals surface area (Å²) in [5.74, 6) is 3.02. The molecule has 0 aliphatic carbocycles. The fourth-order valence-corrected chi connectivity index (χ4v) is 7.50. The number of para-hydroxylation sites is 1. The number of aryl methyl sites for hydroxylation is 1. The molecule has 3 aromatic carbocycles. The van der Waals surface area contributed by atoms with Gasteiger partial charge in [0.05, 0.1) is 5.70 Å². The van der Waals surface area contributed by atoms with Gasteiger partial charge in [0, 0.05) is 74.2 Å². The number of piperidine rings is 1. The number of hydrogen-bond acceptors (Lipinski definition) is 4. The predicted molar refractivity (Wildman–Crippen MR) is 192 cm³/mol. The smallest absolute Gasteiger partial charge is 0.0661 e. The van der Waals surface area contributed by atoms with Gasteiger partial charge in [-0.3, -0.25) is 0 Å². The van der Waals surface area contributed by atoms with Crippen molar-refractivity contribution in [3.8, 4) is 11.1 Å². The van der Waals surface area contributed by atoms with E-state index < -0.39 is 0 Å². The Kier molecular flexibility index (Phi) is 10.3. The van der Waals surface area contributed by atoms with Gasteiger partial charge in [0.25, 0.3) is 0 Å². The van der Waals surface area contributed by atoms with Crippen LogP contribution in [0.4, 0.5) is 17.1 Å². The molecule has 236 valence electrons. The van der Waals surface area contributed by atoms with Crippen LogP contribution in [-0.2, 0) is 6.54 Å². The van der Waals surface area contributed by atoms with Crippen LogP contribution in [0.3, 0.4) is 0 Å². The van der Waals surface area contributed by atoms with Gasteiger partial charge < -0.3 is 20.0 Å². The summed E-state index contributed by atoms with van der Waals surface area (Å²) in [5.41, 5.74) is 11.8. The molecule has 3 heterocycles. The van der Waals surface area contributed by atoms with Gasteiger partial charge in [0.1, 0.15) is 0 Å². The zero-order valence-electron chi connectivity index (χ0n) is 28.7. The Bertz CT molecular complexity index is 1430. The van der Waals surface area contributed by atoms with E-state index in [-0.39, 0.29) is 0 Å². The minimum absolute atomic E-state index is 0.707. The van der Waals surface area contributed by atoms with Crippen molar-refractivity contribution in [3.05, 3.63) is 83.6 Å². The molecule has 4 heteroatoms. The standard InChI is InChI=1S/C38H50N4.C2H6/c1-26(2)29-17-20-41(21-18-29)36-15-10-16-37(42-22-19-30(23-42)27(3)4)38(36)35-25-40(6)24-33-28(5)11-9-13-31(33)32-12-7-8-14-34(32)39-35;1-2/h7-16,25-27,29-30,39H,17-24H2,1-6H3;1-2H3/b35-25-;. The summed E-state index contributed by atoms with van der Waals surface area (Å²) in [6.45, 7) is 21.2. The summed E-state index contributed by atoms with van der Waals surface area (Å²) >= 11 is 0. The Morgan fingerprint density at radius 1 is 0.705 bits per heavy atom. The molecule has 3 aliphatic heterocycles. The van der Waals surface area contributed by atoms with Gasteiger partial charge in [-0.1, -0.05) is 84.0 Å². The lowest BCUT2D eigenvalue weighted by atomic mass is 9.86. The summed E-state index contributed by atoms with van der Waals surface area (Å²) in [6.07, 6.45) is 6.18. The number of benzene rings is 3. The van der Waals surface area contributed by atoms with Gasteiger partial charge in [-0.25, -0.2) is 0 Å². The van der Waals surface area contributed by atoms with E-state index in [0.29, 0.717) is 5.92 Å². The van der Waals surface area contributed by atoms with E-state index in [9.17, 15) is 0 Å². The fourth-order valence-electron chi connectivity index (χ4n) is 7.50. The average molecular weight is 593 g/mol. The highest BCUT2D eigenvalue weighted by molar-refractivity contribution is 5.94. The van der Waals surface area contributed by atoms with Crippen LogP contribution in [0.25, 0.3) is 16.8 Å². The first-order valence-corrected chi connectivity index (χ1v) is 17.3. The average Bonchev–Trinajstić information content (AvgIpc) is 3.55. The molecule has 1 N–H and O–H groups in total. The lowest BCUT2D eigenvalue weighted by Gasteiger charge is -2.38. The molecule has 2 fully saturated rings. The number of fused-ring (bicyclic) bond motifs is 3. The zero-order chi connectivity index (χ0) is 31.4. The molecule has 2 saturated heterocycles. The Hall–Kier alpha value is -3.40. The van der Waals surface area contributed by atoms with Gasteiger partial charge in [0.15, 0.2) is 0 Å². The van der Waals surface area contributed by atoms with Crippen molar-refractivity contribution in [2.45, 2.75) is 74.3 Å². The lowest BCUT2D eigenvalue weighted by molar-refractivity contribution is 0.311. The molecular formula is C40H56N4. The first kappa shape index (κ1) is 32.0. The number of nitrogens with zero attached hydrogens (tertiary/aromatic N) is 3. The maximum atomic E-state index is 4.02. The largest absolute Gasteiger partial charge is 0.374 e. The van der Waals surface area contributed by atoms with Gasteiger partial charge in [0.2, 0.25) is 0 Å². The van der Waals surface area contributed by atoms with Crippen LogP contribution in [0, 0.1) is 30.6 Å². The van der Waals surface area contributed by atoms with Crippen LogP contribution in [-0.4, -0.2) is 38.1 Å². The summed E-state index contributed by atoms with van der Waals surface area (Å²) < 4.78 is 0. The van der Waals surface area contributed by atoms with Crippen LogP contribution >= 0.6 is 0 Å².